The number of rotatable bonds is 9. The molecule has 0 amide bonds. The lowest BCUT2D eigenvalue weighted by Gasteiger charge is -2.18. The van der Waals surface area contributed by atoms with Crippen molar-refractivity contribution in [2.75, 3.05) is 39.0 Å². The smallest absolute Gasteiger partial charge is 0.211 e. The molecule has 7 heteroatoms. The molecule has 20 heavy (non-hydrogen) atoms. The van der Waals surface area contributed by atoms with Gasteiger partial charge in [0.05, 0.1) is 6.26 Å². The summed E-state index contributed by atoms with van der Waals surface area (Å²) in [4.78, 5) is 4.52. The van der Waals surface area contributed by atoms with Gasteiger partial charge in [-0.15, -0.1) is 0 Å². The summed E-state index contributed by atoms with van der Waals surface area (Å²) in [6.45, 7) is 7.41. The highest BCUT2D eigenvalue weighted by Crippen LogP contribution is 2.28. The predicted octanol–water partition coefficient (Wildman–Crippen LogP) is 0.623. The number of sulfonamides is 1. The molecule has 1 fully saturated rings. The number of guanidine groups is 1. The van der Waals surface area contributed by atoms with E-state index < -0.39 is 10.0 Å². The van der Waals surface area contributed by atoms with E-state index in [4.69, 9.17) is 0 Å². The topological polar surface area (TPSA) is 73.8 Å². The molecule has 118 valence electrons. The van der Waals surface area contributed by atoms with Crippen molar-refractivity contribution in [2.45, 2.75) is 33.1 Å². The lowest BCUT2D eigenvalue weighted by molar-refractivity contribution is 0.424. The van der Waals surface area contributed by atoms with E-state index in [0.717, 1.165) is 37.9 Å². The molecule has 2 N–H and O–H groups in total. The lowest BCUT2D eigenvalue weighted by Crippen LogP contribution is -2.39. The Balaban J connectivity index is 2.27. The van der Waals surface area contributed by atoms with Gasteiger partial charge in [-0.05, 0) is 32.1 Å². The standard InChI is InChI=1S/C13H28N4O2S/c1-4-14-13(16-11-12-7-8-12)15-9-6-10-17(5-2)20(3,18)19/h12H,4-11H2,1-3H3,(H2,14,15,16). The van der Waals surface area contributed by atoms with E-state index >= 15 is 0 Å². The Labute approximate surface area is 123 Å². The van der Waals surface area contributed by atoms with E-state index in [2.05, 4.69) is 15.6 Å². The van der Waals surface area contributed by atoms with Crippen molar-refractivity contribution in [3.63, 3.8) is 0 Å². The first-order valence-electron chi connectivity index (χ1n) is 7.44. The van der Waals surface area contributed by atoms with Gasteiger partial charge in [0, 0.05) is 32.7 Å². The van der Waals surface area contributed by atoms with Gasteiger partial charge in [0.1, 0.15) is 0 Å². The minimum atomic E-state index is -3.08. The van der Waals surface area contributed by atoms with Crippen LogP contribution in [0.3, 0.4) is 0 Å². The molecule has 0 aromatic heterocycles. The van der Waals surface area contributed by atoms with Gasteiger partial charge in [-0.2, -0.15) is 0 Å². The first-order chi connectivity index (χ1) is 9.47. The molecule has 0 atom stereocenters. The Morgan fingerprint density at radius 1 is 1.30 bits per heavy atom. The van der Waals surface area contributed by atoms with Gasteiger partial charge in [0.2, 0.25) is 10.0 Å². The minimum absolute atomic E-state index is 0.522. The van der Waals surface area contributed by atoms with E-state index in [9.17, 15) is 8.42 Å². The lowest BCUT2D eigenvalue weighted by atomic mass is 10.4. The van der Waals surface area contributed by atoms with Crippen molar-refractivity contribution in [3.8, 4) is 0 Å². The fourth-order valence-corrected chi connectivity index (χ4v) is 2.81. The second-order valence-electron chi connectivity index (χ2n) is 5.20. The summed E-state index contributed by atoms with van der Waals surface area (Å²) in [5.74, 6) is 1.60. The molecule has 0 heterocycles. The predicted molar refractivity (Wildman–Crippen MR) is 83.4 cm³/mol. The summed E-state index contributed by atoms with van der Waals surface area (Å²) in [7, 11) is -3.08. The fourth-order valence-electron chi connectivity index (χ4n) is 1.88. The zero-order valence-corrected chi connectivity index (χ0v) is 13.7. The maximum Gasteiger partial charge on any atom is 0.211 e. The van der Waals surface area contributed by atoms with Crippen molar-refractivity contribution in [1.82, 2.24) is 14.9 Å². The molecular formula is C13H28N4O2S. The van der Waals surface area contributed by atoms with E-state index in [1.807, 2.05) is 13.8 Å². The number of nitrogens with zero attached hydrogens (tertiary/aromatic N) is 2. The average molecular weight is 304 g/mol. The third-order valence-corrected chi connectivity index (χ3v) is 4.63. The van der Waals surface area contributed by atoms with E-state index in [-0.39, 0.29) is 0 Å². The number of hydrogen-bond acceptors (Lipinski definition) is 3. The quantitative estimate of drug-likeness (QED) is 0.372. The van der Waals surface area contributed by atoms with Gasteiger partial charge in [0.15, 0.2) is 5.96 Å². The molecule has 0 saturated heterocycles. The van der Waals surface area contributed by atoms with Crippen molar-refractivity contribution < 1.29 is 8.42 Å². The molecule has 1 rings (SSSR count). The molecule has 0 unspecified atom stereocenters. The third-order valence-electron chi connectivity index (χ3n) is 3.25. The normalized spacial score (nSPS) is 16.5. The SMILES string of the molecule is CCNC(=NCC1CC1)NCCCN(CC)S(C)(=O)=O. The zero-order chi connectivity index (χ0) is 15.0. The van der Waals surface area contributed by atoms with Crippen molar-refractivity contribution >= 4 is 16.0 Å². The van der Waals surface area contributed by atoms with Crippen LogP contribution in [0.4, 0.5) is 0 Å². The molecule has 0 aromatic carbocycles. The number of hydrogen-bond donors (Lipinski definition) is 2. The first kappa shape index (κ1) is 17.2. The summed E-state index contributed by atoms with van der Waals surface area (Å²) in [5, 5.41) is 6.46. The van der Waals surface area contributed by atoms with Gasteiger partial charge >= 0.3 is 0 Å². The molecule has 0 spiro atoms. The Morgan fingerprint density at radius 3 is 2.50 bits per heavy atom. The van der Waals surface area contributed by atoms with Crippen molar-refractivity contribution in [2.24, 2.45) is 10.9 Å². The molecule has 0 bridgehead atoms. The maximum atomic E-state index is 11.4. The summed E-state index contributed by atoms with van der Waals surface area (Å²) in [6, 6.07) is 0. The van der Waals surface area contributed by atoms with Gasteiger partial charge in [0.25, 0.3) is 0 Å². The van der Waals surface area contributed by atoms with Gasteiger partial charge in [-0.25, -0.2) is 12.7 Å². The number of nitrogens with one attached hydrogen (secondary N) is 2. The molecule has 0 aliphatic heterocycles. The fraction of sp³-hybridized carbons (Fsp3) is 0.923. The number of aliphatic imine (C=N–C) groups is 1. The molecular weight excluding hydrogens is 276 g/mol. The van der Waals surface area contributed by atoms with Crippen LogP contribution in [0.5, 0.6) is 0 Å². The zero-order valence-electron chi connectivity index (χ0n) is 12.9. The third kappa shape index (κ3) is 7.09. The second kappa shape index (κ2) is 8.46. The van der Waals surface area contributed by atoms with Crippen molar-refractivity contribution in [3.05, 3.63) is 0 Å². The summed E-state index contributed by atoms with van der Waals surface area (Å²) < 4.78 is 24.4. The van der Waals surface area contributed by atoms with Crippen LogP contribution in [-0.4, -0.2) is 57.7 Å². The van der Waals surface area contributed by atoms with E-state index in [1.54, 1.807) is 0 Å². The Hall–Kier alpha value is -0.820. The summed E-state index contributed by atoms with van der Waals surface area (Å²) in [5.41, 5.74) is 0. The average Bonchev–Trinajstić information content (AvgIpc) is 3.18. The van der Waals surface area contributed by atoms with E-state index in [0.29, 0.717) is 13.1 Å². The Bertz CT molecular complexity index is 405. The Morgan fingerprint density at radius 2 is 2.00 bits per heavy atom. The Kier molecular flexibility index (Phi) is 7.29. The van der Waals surface area contributed by atoms with Crippen LogP contribution < -0.4 is 10.6 Å². The summed E-state index contributed by atoms with van der Waals surface area (Å²) >= 11 is 0. The highest BCUT2D eigenvalue weighted by atomic mass is 32.2. The molecule has 0 aromatic rings. The van der Waals surface area contributed by atoms with Crippen molar-refractivity contribution in [1.29, 1.82) is 0 Å². The first-order valence-corrected chi connectivity index (χ1v) is 9.29. The molecule has 1 aliphatic rings. The second-order valence-corrected chi connectivity index (χ2v) is 7.18. The van der Waals surface area contributed by atoms with Crippen LogP contribution in [-0.2, 0) is 10.0 Å². The molecule has 1 saturated carbocycles. The van der Waals surface area contributed by atoms with Crippen LogP contribution in [0, 0.1) is 5.92 Å². The largest absolute Gasteiger partial charge is 0.357 e. The van der Waals surface area contributed by atoms with Crippen LogP contribution in [0.1, 0.15) is 33.1 Å². The maximum absolute atomic E-state index is 11.4. The highest BCUT2D eigenvalue weighted by molar-refractivity contribution is 7.88. The van der Waals surface area contributed by atoms with Gasteiger partial charge in [-0.1, -0.05) is 6.92 Å². The van der Waals surface area contributed by atoms with Crippen LogP contribution in [0.2, 0.25) is 0 Å². The monoisotopic (exact) mass is 304 g/mol. The van der Waals surface area contributed by atoms with Crippen LogP contribution in [0.15, 0.2) is 4.99 Å². The molecule has 6 nitrogen and oxygen atoms in total. The minimum Gasteiger partial charge on any atom is -0.357 e. The summed E-state index contributed by atoms with van der Waals surface area (Å²) in [6.07, 6.45) is 4.62. The van der Waals surface area contributed by atoms with Crippen LogP contribution in [0.25, 0.3) is 0 Å². The molecule has 0 radical (unpaired) electrons. The van der Waals surface area contributed by atoms with Gasteiger partial charge in [-0.3, -0.25) is 4.99 Å². The van der Waals surface area contributed by atoms with E-state index in [1.165, 1.54) is 23.4 Å². The molecule has 1 aliphatic carbocycles. The van der Waals surface area contributed by atoms with Crippen LogP contribution >= 0.6 is 0 Å². The highest BCUT2D eigenvalue weighted by Gasteiger charge is 2.20. The van der Waals surface area contributed by atoms with Gasteiger partial charge < -0.3 is 10.6 Å².